The molecule has 0 heterocycles. The number of hydrogen-bond donors (Lipinski definition) is 4. The maximum atomic E-state index is 12.8. The molecular weight excluding hydrogens is 342 g/mol. The van der Waals surface area contributed by atoms with Crippen molar-refractivity contribution in [2.24, 2.45) is 11.5 Å². The van der Waals surface area contributed by atoms with E-state index in [4.69, 9.17) is 12.9 Å². The van der Waals surface area contributed by atoms with Crippen molar-refractivity contribution < 1.29 is 19.5 Å². The van der Waals surface area contributed by atoms with Crippen molar-refractivity contribution >= 4 is 29.4 Å². The average Bonchev–Trinajstić information content (AvgIpc) is 2.66. The molecule has 1 aromatic rings. The SMILES string of the molecule is [2H]OC(=O)C[C@H](N)C(=O)C(N)(CC)C(=O)N[C@@H](CSC)c1ccccc1. The Morgan fingerprint density at radius 2 is 2.00 bits per heavy atom. The number of rotatable bonds is 10. The van der Waals surface area contributed by atoms with Crippen molar-refractivity contribution in [1.29, 1.82) is 1.43 Å². The number of carboxylic acids is 1. The molecule has 8 heteroatoms. The van der Waals surface area contributed by atoms with Gasteiger partial charge in [-0.2, -0.15) is 11.8 Å². The summed E-state index contributed by atoms with van der Waals surface area (Å²) >= 11 is 1.54. The lowest BCUT2D eigenvalue weighted by atomic mass is 9.85. The molecule has 0 saturated heterocycles. The van der Waals surface area contributed by atoms with Crippen LogP contribution in [0.4, 0.5) is 0 Å². The molecular formula is C17H25N3O4S. The van der Waals surface area contributed by atoms with Crippen LogP contribution in [0.25, 0.3) is 1.43 Å². The highest BCUT2D eigenvalue weighted by molar-refractivity contribution is 7.98. The molecule has 1 aromatic carbocycles. The zero-order valence-corrected chi connectivity index (χ0v) is 15.2. The van der Waals surface area contributed by atoms with E-state index in [2.05, 4.69) is 10.4 Å². The molecule has 25 heavy (non-hydrogen) atoms. The van der Waals surface area contributed by atoms with Gasteiger partial charge in [0.25, 0.3) is 1.43 Å². The minimum Gasteiger partial charge on any atom is -0.481 e. The van der Waals surface area contributed by atoms with Crippen molar-refractivity contribution in [3.05, 3.63) is 35.9 Å². The first kappa shape index (κ1) is 19.4. The predicted molar refractivity (Wildman–Crippen MR) is 98.2 cm³/mol. The van der Waals surface area contributed by atoms with Gasteiger partial charge in [-0.1, -0.05) is 37.3 Å². The van der Waals surface area contributed by atoms with E-state index in [0.29, 0.717) is 5.75 Å². The lowest BCUT2D eigenvalue weighted by Crippen LogP contribution is -2.64. The topological polar surface area (TPSA) is 136 Å². The molecule has 0 spiro atoms. The third kappa shape index (κ3) is 5.55. The van der Waals surface area contributed by atoms with Crippen LogP contribution in [0.5, 0.6) is 0 Å². The number of amides is 1. The Labute approximate surface area is 153 Å². The van der Waals surface area contributed by atoms with E-state index in [9.17, 15) is 14.4 Å². The summed E-state index contributed by atoms with van der Waals surface area (Å²) < 4.78 is 6.53. The van der Waals surface area contributed by atoms with E-state index in [0.717, 1.165) is 5.56 Å². The molecule has 3 atom stereocenters. The first-order valence-electron chi connectivity index (χ1n) is 8.30. The number of nitrogens with one attached hydrogen (secondary N) is 1. The maximum Gasteiger partial charge on any atom is 0.305 e. The van der Waals surface area contributed by atoms with Gasteiger partial charge in [-0.3, -0.25) is 14.4 Å². The summed E-state index contributed by atoms with van der Waals surface area (Å²) in [6.45, 7) is 1.60. The number of nitrogens with two attached hydrogens (primary N) is 2. The van der Waals surface area contributed by atoms with Gasteiger partial charge in [0.05, 0.1) is 18.5 Å². The zero-order chi connectivity index (χ0) is 19.7. The van der Waals surface area contributed by atoms with Crippen LogP contribution in [0.3, 0.4) is 0 Å². The van der Waals surface area contributed by atoms with Crippen LogP contribution in [0.1, 0.15) is 31.4 Å². The third-order valence-electron chi connectivity index (χ3n) is 3.97. The monoisotopic (exact) mass is 368 g/mol. The molecule has 138 valence electrons. The van der Waals surface area contributed by atoms with Crippen LogP contribution in [0, 0.1) is 0 Å². The largest absolute Gasteiger partial charge is 0.481 e. The Balaban J connectivity index is 2.97. The van der Waals surface area contributed by atoms with Crippen LogP contribution in [0.2, 0.25) is 0 Å². The molecule has 1 rings (SSSR count). The van der Waals surface area contributed by atoms with Crippen LogP contribution in [0.15, 0.2) is 30.3 Å². The number of carbonyl (C=O) groups is 3. The van der Waals surface area contributed by atoms with Gasteiger partial charge in [-0.25, -0.2) is 0 Å². The summed E-state index contributed by atoms with van der Waals surface area (Å²) in [5.41, 5.74) is 10.8. The molecule has 0 aliphatic heterocycles. The minimum atomic E-state index is -1.87. The Kier molecular flexibility index (Phi) is 7.42. The van der Waals surface area contributed by atoms with E-state index in [1.54, 1.807) is 18.7 Å². The summed E-state index contributed by atoms with van der Waals surface area (Å²) in [6, 6.07) is 7.70. The number of hydrogen-bond acceptors (Lipinski definition) is 7. The van der Waals surface area contributed by atoms with E-state index in [1.807, 2.05) is 36.6 Å². The molecule has 0 aliphatic rings. The first-order chi connectivity index (χ1) is 12.3. The second-order valence-electron chi connectivity index (χ2n) is 5.76. The van der Waals surface area contributed by atoms with E-state index in [1.165, 1.54) is 0 Å². The van der Waals surface area contributed by atoms with Crippen LogP contribution < -0.4 is 16.8 Å². The number of Topliss-reactive ketones (excluding diaryl/α,β-unsaturated/α-hetero) is 1. The van der Waals surface area contributed by atoms with Gasteiger partial charge in [-0.05, 0) is 18.2 Å². The number of ketones is 1. The van der Waals surface area contributed by atoms with Crippen LogP contribution in [-0.4, -0.2) is 46.4 Å². The zero-order valence-electron chi connectivity index (χ0n) is 15.4. The fourth-order valence-electron chi connectivity index (χ4n) is 2.41. The molecule has 0 radical (unpaired) electrons. The molecule has 6 N–H and O–H groups in total. The van der Waals surface area contributed by atoms with E-state index in [-0.39, 0.29) is 12.5 Å². The summed E-state index contributed by atoms with van der Waals surface area (Å²) in [6.07, 6.45) is 1.41. The van der Waals surface area contributed by atoms with Crippen molar-refractivity contribution in [2.75, 3.05) is 12.0 Å². The smallest absolute Gasteiger partial charge is 0.305 e. The molecule has 0 bridgehead atoms. The van der Waals surface area contributed by atoms with Crippen molar-refractivity contribution in [3.8, 4) is 0 Å². The fourth-order valence-corrected chi connectivity index (χ4v) is 3.02. The van der Waals surface area contributed by atoms with Crippen LogP contribution in [-0.2, 0) is 14.4 Å². The maximum absolute atomic E-state index is 12.8. The summed E-state index contributed by atoms with van der Waals surface area (Å²) in [5.74, 6) is -1.78. The molecule has 1 unspecified atom stereocenters. The summed E-state index contributed by atoms with van der Waals surface area (Å²) in [7, 11) is 0. The molecule has 0 saturated carbocycles. The van der Waals surface area contributed by atoms with Gasteiger partial charge in [0, 0.05) is 5.75 Å². The van der Waals surface area contributed by atoms with Gasteiger partial charge >= 0.3 is 5.97 Å². The molecule has 0 fully saturated rings. The van der Waals surface area contributed by atoms with Crippen molar-refractivity contribution in [1.82, 2.24) is 5.32 Å². The normalized spacial score (nSPS) is 16.1. The number of aliphatic carboxylic acids is 1. The Bertz CT molecular complexity index is 632. The lowest BCUT2D eigenvalue weighted by molar-refractivity contribution is -0.142. The summed E-state index contributed by atoms with van der Waals surface area (Å²) in [4.78, 5) is 36.5. The van der Waals surface area contributed by atoms with Gasteiger partial charge in [-0.15, -0.1) is 0 Å². The molecule has 7 nitrogen and oxygen atoms in total. The lowest BCUT2D eigenvalue weighted by Gasteiger charge is -2.30. The van der Waals surface area contributed by atoms with Crippen molar-refractivity contribution in [2.45, 2.75) is 37.4 Å². The number of carboxylic acid groups (broad SMARTS) is 1. The van der Waals surface area contributed by atoms with E-state index < -0.39 is 35.7 Å². The fraction of sp³-hybridized carbons (Fsp3) is 0.471. The second-order valence-corrected chi connectivity index (χ2v) is 6.67. The molecule has 1 amide bonds. The first-order valence-corrected chi connectivity index (χ1v) is 9.29. The Morgan fingerprint density at radius 3 is 2.52 bits per heavy atom. The van der Waals surface area contributed by atoms with Gasteiger partial charge in [0.15, 0.2) is 11.3 Å². The minimum absolute atomic E-state index is 0.0159. The van der Waals surface area contributed by atoms with E-state index >= 15 is 0 Å². The van der Waals surface area contributed by atoms with Crippen molar-refractivity contribution in [3.63, 3.8) is 0 Å². The second kappa shape index (κ2) is 9.55. The average molecular weight is 368 g/mol. The number of carbonyl (C=O) groups excluding carboxylic acids is 2. The summed E-state index contributed by atoms with van der Waals surface area (Å²) in [5, 5.41) is 6.58. The Hall–Kier alpha value is -1.90. The number of thioether (sulfide) groups is 1. The van der Waals surface area contributed by atoms with Gasteiger partial charge in [0.2, 0.25) is 5.91 Å². The van der Waals surface area contributed by atoms with Gasteiger partial charge < -0.3 is 21.9 Å². The standard InChI is InChI=1S/C17H25N3O4S/c1-3-17(19,15(23)12(18)9-14(21)22)16(24)20-13(10-25-2)11-7-5-4-6-8-11/h4-8,12-13H,3,9-10,18-19H2,1-2H3,(H,20,24)(H,21,22)/t12-,13-,17?/m0/s1/i/hD. The molecule has 0 aromatic heterocycles. The molecule has 0 aliphatic carbocycles. The van der Waals surface area contributed by atoms with Gasteiger partial charge in [0.1, 0.15) is 0 Å². The van der Waals surface area contributed by atoms with Crippen LogP contribution >= 0.6 is 11.8 Å². The highest BCUT2D eigenvalue weighted by Gasteiger charge is 2.43. The quantitative estimate of drug-likeness (QED) is 0.446. The Morgan fingerprint density at radius 1 is 1.36 bits per heavy atom. The highest BCUT2D eigenvalue weighted by Crippen LogP contribution is 2.20. The third-order valence-corrected chi connectivity index (χ3v) is 4.63. The highest BCUT2D eigenvalue weighted by atomic mass is 32.2. The number of benzene rings is 1. The predicted octanol–water partition coefficient (Wildman–Crippen LogP) is 0.686.